The van der Waals surface area contributed by atoms with Gasteiger partial charge in [-0.1, -0.05) is 5.11 Å². The molecular weight excluding hydrogens is 688 g/mol. The van der Waals surface area contributed by atoms with Crippen molar-refractivity contribution in [1.82, 2.24) is 5.06 Å². The lowest BCUT2D eigenvalue weighted by Crippen LogP contribution is -2.37. The Morgan fingerprint density at radius 2 is 0.824 bits per heavy atom. The number of aliphatic hydroxyl groups excluding tert-OH is 1. The molecule has 1 saturated heterocycles. The van der Waals surface area contributed by atoms with Gasteiger partial charge in [0.15, 0.2) is 0 Å². The molecule has 296 valence electrons. The molecule has 0 aromatic heterocycles. The first-order valence-electron chi connectivity index (χ1n) is 16.8. The summed E-state index contributed by atoms with van der Waals surface area (Å²) in [5.74, 6) is -2.51. The lowest BCUT2D eigenvalue weighted by Gasteiger charge is -2.16. The van der Waals surface area contributed by atoms with E-state index in [1.807, 2.05) is 0 Å². The molecule has 0 bridgehead atoms. The van der Waals surface area contributed by atoms with Crippen LogP contribution in [0, 0.1) is 0 Å². The monoisotopic (exact) mass is 742 g/mol. The van der Waals surface area contributed by atoms with Crippen molar-refractivity contribution in [2.75, 3.05) is 159 Å². The Bertz CT molecular complexity index is 900. The zero-order valence-electron chi connectivity index (χ0n) is 29.2. The van der Waals surface area contributed by atoms with Gasteiger partial charge in [-0.3, -0.25) is 9.59 Å². The number of carbonyl (C=O) groups is 3. The maximum absolute atomic E-state index is 12.0. The second-order valence-electron chi connectivity index (χ2n) is 9.88. The van der Waals surface area contributed by atoms with Crippen molar-refractivity contribution >= 4 is 17.8 Å². The zero-order chi connectivity index (χ0) is 36.9. The molecule has 21 heteroatoms. The third-order valence-corrected chi connectivity index (χ3v) is 6.00. The van der Waals surface area contributed by atoms with Crippen LogP contribution in [0.15, 0.2) is 5.11 Å². The normalized spacial score (nSPS) is 13.5. The molecule has 0 aromatic carbocycles. The second kappa shape index (κ2) is 35.8. The van der Waals surface area contributed by atoms with Gasteiger partial charge in [-0.05, 0) is 5.53 Å². The highest BCUT2D eigenvalue weighted by Crippen LogP contribution is 2.13. The lowest BCUT2D eigenvalue weighted by molar-refractivity contribution is -0.205. The van der Waals surface area contributed by atoms with E-state index in [1.54, 1.807) is 0 Å². The van der Waals surface area contributed by atoms with Gasteiger partial charge in [0.2, 0.25) is 6.23 Å². The van der Waals surface area contributed by atoms with Crippen LogP contribution in [0.2, 0.25) is 0 Å². The Kier molecular flexibility index (Phi) is 32.6. The third-order valence-electron chi connectivity index (χ3n) is 6.00. The first kappa shape index (κ1) is 46.4. The van der Waals surface area contributed by atoms with Gasteiger partial charge in [-0.15, -0.1) is 5.06 Å². The number of ether oxygens (including phenoxy) is 12. The number of hydrogen-bond acceptors (Lipinski definition) is 18. The molecule has 0 spiro atoms. The Morgan fingerprint density at radius 3 is 1.10 bits per heavy atom. The van der Waals surface area contributed by atoms with E-state index in [-0.39, 0.29) is 39.3 Å². The highest BCUT2D eigenvalue weighted by Gasteiger charge is 2.35. The van der Waals surface area contributed by atoms with Gasteiger partial charge in [0.1, 0.15) is 0 Å². The first-order valence-corrected chi connectivity index (χ1v) is 16.8. The molecule has 51 heavy (non-hydrogen) atoms. The predicted molar refractivity (Wildman–Crippen MR) is 172 cm³/mol. The van der Waals surface area contributed by atoms with E-state index in [9.17, 15) is 14.4 Å². The van der Waals surface area contributed by atoms with Crippen LogP contribution in [-0.2, 0) is 76.1 Å². The van der Waals surface area contributed by atoms with Gasteiger partial charge in [0, 0.05) is 17.8 Å². The smallest absolute Gasteiger partial charge is 0.367 e. The Labute approximate surface area is 297 Å². The second-order valence-corrected chi connectivity index (χ2v) is 9.88. The van der Waals surface area contributed by atoms with Crippen LogP contribution in [0.5, 0.6) is 0 Å². The summed E-state index contributed by atoms with van der Waals surface area (Å²) in [6, 6.07) is 0. The standard InChI is InChI=1S/C30H54N4O17/c31-33-32-29(30(38)51-34-27(36)1-2-28(34)37)50-26-25-49-24-23-48-22-21-47-20-19-46-18-17-45-16-15-44-14-13-43-12-11-42-10-9-41-8-7-40-6-5-39-4-3-35/h29,35H,1-26H2. The van der Waals surface area contributed by atoms with Crippen molar-refractivity contribution in [2.45, 2.75) is 19.1 Å². The summed E-state index contributed by atoms with van der Waals surface area (Å²) >= 11 is 0. The van der Waals surface area contributed by atoms with E-state index in [2.05, 4.69) is 14.9 Å². The largest absolute Gasteiger partial charge is 0.394 e. The summed E-state index contributed by atoms with van der Waals surface area (Å²) in [4.78, 5) is 42.3. The molecule has 1 aliphatic rings. The van der Waals surface area contributed by atoms with E-state index in [4.69, 9.17) is 67.5 Å². The average Bonchev–Trinajstić information content (AvgIpc) is 3.44. The number of nitrogens with zero attached hydrogens (tertiary/aromatic N) is 4. The van der Waals surface area contributed by atoms with Crippen molar-refractivity contribution in [1.29, 1.82) is 0 Å². The van der Waals surface area contributed by atoms with Crippen molar-refractivity contribution in [3.63, 3.8) is 0 Å². The molecule has 0 radical (unpaired) electrons. The van der Waals surface area contributed by atoms with Crippen molar-refractivity contribution < 1.29 is 81.2 Å². The quantitative estimate of drug-likeness (QED) is 0.0272. The number of hydroxylamine groups is 2. The molecule has 1 N–H and O–H groups in total. The van der Waals surface area contributed by atoms with Gasteiger partial charge in [0.25, 0.3) is 11.8 Å². The molecule has 1 heterocycles. The van der Waals surface area contributed by atoms with Crippen LogP contribution in [0.25, 0.3) is 10.4 Å². The van der Waals surface area contributed by atoms with Crippen LogP contribution >= 0.6 is 0 Å². The molecule has 0 saturated carbocycles. The van der Waals surface area contributed by atoms with Gasteiger partial charge in [-0.2, -0.15) is 0 Å². The molecule has 21 nitrogen and oxygen atoms in total. The van der Waals surface area contributed by atoms with Crippen LogP contribution in [-0.4, -0.2) is 193 Å². The fourth-order valence-corrected chi connectivity index (χ4v) is 3.57. The van der Waals surface area contributed by atoms with Crippen LogP contribution in [0.3, 0.4) is 0 Å². The van der Waals surface area contributed by atoms with Crippen molar-refractivity contribution in [3.05, 3.63) is 10.4 Å². The minimum absolute atomic E-state index is 0.0107. The Morgan fingerprint density at radius 1 is 0.549 bits per heavy atom. The average molecular weight is 743 g/mol. The van der Waals surface area contributed by atoms with Crippen molar-refractivity contribution in [3.8, 4) is 0 Å². The highest BCUT2D eigenvalue weighted by atomic mass is 16.7. The summed E-state index contributed by atoms with van der Waals surface area (Å²) < 4.78 is 64.2. The molecule has 1 rings (SSSR count). The number of carbonyl (C=O) groups excluding carboxylic acids is 3. The van der Waals surface area contributed by atoms with E-state index < -0.39 is 24.0 Å². The van der Waals surface area contributed by atoms with Gasteiger partial charge < -0.3 is 66.8 Å². The molecule has 0 aliphatic carbocycles. The van der Waals surface area contributed by atoms with Crippen molar-refractivity contribution in [2.24, 2.45) is 5.11 Å². The molecule has 1 unspecified atom stereocenters. The molecule has 1 fully saturated rings. The topological polar surface area (TPSA) is 243 Å². The molecule has 0 aromatic rings. The fourth-order valence-electron chi connectivity index (χ4n) is 3.57. The van der Waals surface area contributed by atoms with Crippen LogP contribution < -0.4 is 0 Å². The number of hydrogen-bond donors (Lipinski definition) is 1. The maximum atomic E-state index is 12.0. The van der Waals surface area contributed by atoms with Gasteiger partial charge in [0.05, 0.1) is 159 Å². The SMILES string of the molecule is [N-]=[N+]=NC(OCCOCCOCCOCCOCCOCCOCCOCCOCCOCCOCCOCCO)C(=O)ON1C(=O)CCC1=O. The summed E-state index contributed by atoms with van der Waals surface area (Å²) in [7, 11) is 0. The number of aliphatic hydroxyl groups is 1. The maximum Gasteiger partial charge on any atom is 0.367 e. The first-order chi connectivity index (χ1) is 25.1. The summed E-state index contributed by atoms with van der Waals surface area (Å²) in [6.07, 6.45) is -1.80. The minimum atomic E-state index is -1.68. The Balaban J connectivity index is 1.73. The highest BCUT2D eigenvalue weighted by molar-refractivity contribution is 6.01. The van der Waals surface area contributed by atoms with E-state index in [0.29, 0.717) is 137 Å². The lowest BCUT2D eigenvalue weighted by atomic mass is 10.4. The Hall–Kier alpha value is -2.60. The van der Waals surface area contributed by atoms with E-state index in [1.165, 1.54) is 0 Å². The summed E-state index contributed by atoms with van der Waals surface area (Å²) in [6.45, 7) is 8.93. The summed E-state index contributed by atoms with van der Waals surface area (Å²) in [5.41, 5.74) is 8.61. The van der Waals surface area contributed by atoms with Crippen LogP contribution in [0.1, 0.15) is 12.8 Å². The summed E-state index contributed by atoms with van der Waals surface area (Å²) in [5, 5.41) is 12.1. The molecule has 1 atom stereocenters. The molecule has 1 aliphatic heterocycles. The number of amides is 2. The predicted octanol–water partition coefficient (Wildman–Crippen LogP) is -0.578. The van der Waals surface area contributed by atoms with E-state index >= 15 is 0 Å². The molecular formula is C30H54N4O17. The van der Waals surface area contributed by atoms with Gasteiger partial charge >= 0.3 is 5.97 Å². The minimum Gasteiger partial charge on any atom is -0.394 e. The third kappa shape index (κ3) is 28.6. The van der Waals surface area contributed by atoms with Gasteiger partial charge in [-0.25, -0.2) is 4.79 Å². The van der Waals surface area contributed by atoms with Crippen LogP contribution in [0.4, 0.5) is 0 Å². The number of rotatable bonds is 39. The fraction of sp³-hybridized carbons (Fsp3) is 0.900. The van der Waals surface area contributed by atoms with E-state index in [0.717, 1.165) is 0 Å². The zero-order valence-corrected chi connectivity index (χ0v) is 29.2. The molecule has 2 amide bonds. The number of azide groups is 1. The number of imide groups is 1.